The summed E-state index contributed by atoms with van der Waals surface area (Å²) in [5.41, 5.74) is 5.80. The molecule has 2 rings (SSSR count). The molecule has 1 aromatic carbocycles. The molecule has 15 heavy (non-hydrogen) atoms. The van der Waals surface area contributed by atoms with E-state index < -0.39 is 23.5 Å². The van der Waals surface area contributed by atoms with Gasteiger partial charge in [0.15, 0.2) is 11.6 Å². The van der Waals surface area contributed by atoms with Crippen molar-refractivity contribution in [3.05, 3.63) is 35.1 Å². The van der Waals surface area contributed by atoms with Gasteiger partial charge in [0, 0.05) is 17.7 Å². The molecule has 1 fully saturated rings. The van der Waals surface area contributed by atoms with E-state index in [9.17, 15) is 13.2 Å². The molecule has 4 heteroatoms. The lowest BCUT2D eigenvalue weighted by molar-refractivity contribution is 0.478. The van der Waals surface area contributed by atoms with Crippen LogP contribution in [-0.2, 0) is 0 Å². The monoisotopic (exact) mass is 215 g/mol. The number of hydrogen-bond donors (Lipinski definition) is 1. The minimum atomic E-state index is -1.17. The van der Waals surface area contributed by atoms with Gasteiger partial charge < -0.3 is 5.73 Å². The minimum Gasteiger partial charge on any atom is -0.324 e. The van der Waals surface area contributed by atoms with E-state index in [4.69, 9.17) is 5.73 Å². The summed E-state index contributed by atoms with van der Waals surface area (Å²) in [6, 6.07) is 0.877. The van der Waals surface area contributed by atoms with E-state index in [-0.39, 0.29) is 5.56 Å². The topological polar surface area (TPSA) is 26.0 Å². The van der Waals surface area contributed by atoms with Gasteiger partial charge in [0.05, 0.1) is 0 Å². The first kappa shape index (κ1) is 10.5. The Labute approximate surface area is 86.1 Å². The van der Waals surface area contributed by atoms with Crippen molar-refractivity contribution in [3.63, 3.8) is 0 Å². The zero-order chi connectivity index (χ0) is 11.0. The molecule has 0 spiro atoms. The van der Waals surface area contributed by atoms with E-state index >= 15 is 0 Å². The van der Waals surface area contributed by atoms with E-state index in [1.54, 1.807) is 0 Å². The number of rotatable bonds is 3. The Morgan fingerprint density at radius 3 is 2.33 bits per heavy atom. The third-order valence-electron chi connectivity index (χ3n) is 2.72. The van der Waals surface area contributed by atoms with Crippen molar-refractivity contribution in [2.75, 3.05) is 0 Å². The molecular weight excluding hydrogens is 203 g/mol. The Kier molecular flexibility index (Phi) is 2.69. The van der Waals surface area contributed by atoms with Crippen molar-refractivity contribution in [1.82, 2.24) is 0 Å². The standard InChI is InChI=1S/C11H12F3N/c12-8-5-10(14)9(13)4-7(8)11(15)3-6-1-2-6/h4-6,11H,1-3,15H2/t11-/m0/s1. The average Bonchev–Trinajstić information content (AvgIpc) is 2.95. The summed E-state index contributed by atoms with van der Waals surface area (Å²) in [7, 11) is 0. The molecule has 0 saturated heterocycles. The van der Waals surface area contributed by atoms with Crippen molar-refractivity contribution in [2.24, 2.45) is 11.7 Å². The Morgan fingerprint density at radius 2 is 1.73 bits per heavy atom. The van der Waals surface area contributed by atoms with Gasteiger partial charge in [0.1, 0.15) is 5.82 Å². The highest BCUT2D eigenvalue weighted by atomic mass is 19.2. The SMILES string of the molecule is N[C@@H](CC1CC1)c1cc(F)c(F)cc1F. The first-order valence-electron chi connectivity index (χ1n) is 4.98. The predicted molar refractivity (Wildman–Crippen MR) is 50.6 cm³/mol. The number of benzene rings is 1. The Morgan fingerprint density at radius 1 is 1.13 bits per heavy atom. The van der Waals surface area contributed by atoms with E-state index in [1.807, 2.05) is 0 Å². The quantitative estimate of drug-likeness (QED) is 0.771. The fraction of sp³-hybridized carbons (Fsp3) is 0.455. The molecule has 0 amide bonds. The van der Waals surface area contributed by atoms with Crippen LogP contribution in [0.25, 0.3) is 0 Å². The Balaban J connectivity index is 2.21. The second-order valence-corrected chi connectivity index (χ2v) is 4.07. The van der Waals surface area contributed by atoms with Crippen LogP contribution in [0, 0.1) is 23.4 Å². The van der Waals surface area contributed by atoms with E-state index in [0.717, 1.165) is 18.9 Å². The van der Waals surface area contributed by atoms with E-state index in [2.05, 4.69) is 0 Å². The summed E-state index contributed by atoms with van der Waals surface area (Å²) < 4.78 is 38.8. The van der Waals surface area contributed by atoms with Crippen LogP contribution < -0.4 is 5.73 Å². The molecule has 0 heterocycles. The summed E-state index contributed by atoms with van der Waals surface area (Å²) in [5, 5.41) is 0. The largest absolute Gasteiger partial charge is 0.324 e. The number of halogens is 3. The summed E-state index contributed by atoms with van der Waals surface area (Å²) in [6.45, 7) is 0. The molecule has 1 aromatic rings. The van der Waals surface area contributed by atoms with Gasteiger partial charge in [0.2, 0.25) is 0 Å². The van der Waals surface area contributed by atoms with E-state index in [0.29, 0.717) is 18.4 Å². The average molecular weight is 215 g/mol. The summed E-state index contributed by atoms with van der Waals surface area (Å²) in [4.78, 5) is 0. The van der Waals surface area contributed by atoms with Gasteiger partial charge >= 0.3 is 0 Å². The van der Waals surface area contributed by atoms with Crippen LogP contribution in [0.1, 0.15) is 30.9 Å². The van der Waals surface area contributed by atoms with Crippen molar-refractivity contribution in [1.29, 1.82) is 0 Å². The molecule has 1 aliphatic rings. The van der Waals surface area contributed by atoms with Crippen molar-refractivity contribution >= 4 is 0 Å². The molecule has 0 unspecified atom stereocenters. The zero-order valence-corrected chi connectivity index (χ0v) is 8.14. The van der Waals surface area contributed by atoms with Crippen LogP contribution in [0.3, 0.4) is 0 Å². The van der Waals surface area contributed by atoms with Gasteiger partial charge in [-0.3, -0.25) is 0 Å². The molecule has 1 aliphatic carbocycles. The van der Waals surface area contributed by atoms with Gasteiger partial charge in [-0.1, -0.05) is 12.8 Å². The van der Waals surface area contributed by atoms with Crippen LogP contribution in [0.5, 0.6) is 0 Å². The van der Waals surface area contributed by atoms with Gasteiger partial charge in [-0.25, -0.2) is 13.2 Å². The molecule has 82 valence electrons. The maximum absolute atomic E-state index is 13.3. The molecule has 1 saturated carbocycles. The fourth-order valence-electron chi connectivity index (χ4n) is 1.66. The fourth-order valence-corrected chi connectivity index (χ4v) is 1.66. The smallest absolute Gasteiger partial charge is 0.161 e. The van der Waals surface area contributed by atoms with Gasteiger partial charge in [-0.2, -0.15) is 0 Å². The Bertz CT molecular complexity index is 374. The number of nitrogens with two attached hydrogens (primary N) is 1. The van der Waals surface area contributed by atoms with Crippen LogP contribution in [0.15, 0.2) is 12.1 Å². The third-order valence-corrected chi connectivity index (χ3v) is 2.72. The van der Waals surface area contributed by atoms with E-state index in [1.165, 1.54) is 0 Å². The lowest BCUT2D eigenvalue weighted by Gasteiger charge is -2.12. The van der Waals surface area contributed by atoms with Gasteiger partial charge in [0.25, 0.3) is 0 Å². The normalized spacial score (nSPS) is 17.9. The lowest BCUT2D eigenvalue weighted by atomic mass is 10.0. The van der Waals surface area contributed by atoms with Crippen molar-refractivity contribution in [2.45, 2.75) is 25.3 Å². The van der Waals surface area contributed by atoms with Crippen molar-refractivity contribution < 1.29 is 13.2 Å². The molecule has 1 atom stereocenters. The highest BCUT2D eigenvalue weighted by Gasteiger charge is 2.26. The molecule has 0 aromatic heterocycles. The van der Waals surface area contributed by atoms with Crippen molar-refractivity contribution in [3.8, 4) is 0 Å². The second-order valence-electron chi connectivity index (χ2n) is 4.07. The number of hydrogen-bond acceptors (Lipinski definition) is 1. The van der Waals surface area contributed by atoms with Gasteiger partial charge in [-0.15, -0.1) is 0 Å². The summed E-state index contributed by atoms with van der Waals surface area (Å²) >= 11 is 0. The molecular formula is C11H12F3N. The second kappa shape index (κ2) is 3.85. The lowest BCUT2D eigenvalue weighted by Crippen LogP contribution is -2.13. The predicted octanol–water partition coefficient (Wildman–Crippen LogP) is 2.90. The maximum atomic E-state index is 13.3. The maximum Gasteiger partial charge on any atom is 0.161 e. The van der Waals surface area contributed by atoms with Crippen LogP contribution in [-0.4, -0.2) is 0 Å². The first-order valence-corrected chi connectivity index (χ1v) is 4.98. The summed E-state index contributed by atoms with van der Waals surface area (Å²) in [6.07, 6.45) is 2.83. The third kappa shape index (κ3) is 2.31. The molecule has 0 bridgehead atoms. The molecule has 0 radical (unpaired) electrons. The molecule has 0 aliphatic heterocycles. The molecule has 1 nitrogen and oxygen atoms in total. The summed E-state index contributed by atoms with van der Waals surface area (Å²) in [5.74, 6) is -2.46. The first-order chi connectivity index (χ1) is 7.08. The van der Waals surface area contributed by atoms with Crippen LogP contribution >= 0.6 is 0 Å². The molecule has 2 N–H and O–H groups in total. The van der Waals surface area contributed by atoms with Gasteiger partial charge in [-0.05, 0) is 18.4 Å². The highest BCUT2D eigenvalue weighted by Crippen LogP contribution is 2.37. The Hall–Kier alpha value is -1.03. The zero-order valence-electron chi connectivity index (χ0n) is 8.14. The van der Waals surface area contributed by atoms with Crippen LogP contribution in [0.2, 0.25) is 0 Å². The van der Waals surface area contributed by atoms with Crippen LogP contribution in [0.4, 0.5) is 13.2 Å². The minimum absolute atomic E-state index is 0.0702. The highest BCUT2D eigenvalue weighted by molar-refractivity contribution is 5.23.